The third-order valence-electron chi connectivity index (χ3n) is 6.10. The number of hydrogen-bond acceptors (Lipinski definition) is 6. The van der Waals surface area contributed by atoms with Crippen LogP contribution in [0.1, 0.15) is 23.5 Å². The molecule has 1 aliphatic carbocycles. The van der Waals surface area contributed by atoms with Gasteiger partial charge in [0.2, 0.25) is 5.95 Å². The highest BCUT2D eigenvalue weighted by Gasteiger charge is 2.41. The van der Waals surface area contributed by atoms with Crippen LogP contribution in [0.2, 0.25) is 0 Å². The molecule has 0 bridgehead atoms. The second-order valence-electron chi connectivity index (χ2n) is 8.28. The van der Waals surface area contributed by atoms with Gasteiger partial charge in [-0.15, -0.1) is 0 Å². The molecular weight excluding hydrogens is 398 g/mol. The van der Waals surface area contributed by atoms with Crippen LogP contribution >= 0.6 is 0 Å². The number of aromatic amines is 1. The molecule has 2 atom stereocenters. The number of nitrogens with one attached hydrogen (secondary N) is 3. The van der Waals surface area contributed by atoms with E-state index < -0.39 is 0 Å². The van der Waals surface area contributed by atoms with Crippen molar-refractivity contribution in [3.05, 3.63) is 89.9 Å². The van der Waals surface area contributed by atoms with Gasteiger partial charge in [0, 0.05) is 12.7 Å². The van der Waals surface area contributed by atoms with Crippen LogP contribution in [-0.2, 0) is 6.54 Å². The Kier molecular flexibility index (Phi) is 4.64. The smallest absolute Gasteiger partial charge is 0.224 e. The summed E-state index contributed by atoms with van der Waals surface area (Å²) in [6.07, 6.45) is 6.85. The Balaban J connectivity index is 1.08. The van der Waals surface area contributed by atoms with Crippen molar-refractivity contribution >= 4 is 28.6 Å². The van der Waals surface area contributed by atoms with E-state index in [-0.39, 0.29) is 0 Å². The first-order valence-electron chi connectivity index (χ1n) is 10.9. The molecule has 0 spiro atoms. The molecule has 1 unspecified atom stereocenters. The SMILES string of the molecule is C1=C(C2C[C@@H]2c2ccccc2)CN=C1Nc1ccnc(NCc2ccc3nc[nH]c3c2)n1. The Labute approximate surface area is 185 Å². The summed E-state index contributed by atoms with van der Waals surface area (Å²) >= 11 is 0. The first-order valence-corrected chi connectivity index (χ1v) is 10.9. The second kappa shape index (κ2) is 7.92. The summed E-state index contributed by atoms with van der Waals surface area (Å²) < 4.78 is 0. The average Bonchev–Trinajstić information content (AvgIpc) is 3.26. The van der Waals surface area contributed by atoms with Crippen molar-refractivity contribution in [2.24, 2.45) is 10.9 Å². The lowest BCUT2D eigenvalue weighted by Crippen LogP contribution is -2.10. The highest BCUT2D eigenvalue weighted by molar-refractivity contribution is 6.05. The van der Waals surface area contributed by atoms with Gasteiger partial charge in [-0.2, -0.15) is 4.98 Å². The summed E-state index contributed by atoms with van der Waals surface area (Å²) in [6, 6.07) is 18.8. The van der Waals surface area contributed by atoms with Crippen LogP contribution in [0.5, 0.6) is 0 Å². The summed E-state index contributed by atoms with van der Waals surface area (Å²) in [5, 5.41) is 6.63. The van der Waals surface area contributed by atoms with Gasteiger partial charge in [-0.3, -0.25) is 4.99 Å². The van der Waals surface area contributed by atoms with Crippen LogP contribution in [0.15, 0.2) is 83.8 Å². The van der Waals surface area contributed by atoms with Gasteiger partial charge in [0.05, 0.1) is 23.9 Å². The number of aliphatic imine (C=N–C) groups is 1. The van der Waals surface area contributed by atoms with E-state index in [0.29, 0.717) is 24.3 Å². The molecule has 3 N–H and O–H groups in total. The van der Waals surface area contributed by atoms with E-state index in [0.717, 1.165) is 34.8 Å². The van der Waals surface area contributed by atoms with Gasteiger partial charge in [-0.05, 0) is 59.2 Å². The lowest BCUT2D eigenvalue weighted by Gasteiger charge is -2.08. The number of hydrogen-bond donors (Lipinski definition) is 3. The summed E-state index contributed by atoms with van der Waals surface area (Å²) in [6.45, 7) is 1.40. The number of rotatable bonds is 6. The number of aromatic nitrogens is 4. The molecule has 7 heteroatoms. The minimum atomic E-state index is 0.578. The maximum absolute atomic E-state index is 4.67. The van der Waals surface area contributed by atoms with Crippen LogP contribution in [0.3, 0.4) is 0 Å². The Morgan fingerprint density at radius 1 is 1.00 bits per heavy atom. The quantitative estimate of drug-likeness (QED) is 0.426. The number of anilines is 2. The van der Waals surface area contributed by atoms with Crippen molar-refractivity contribution in [1.29, 1.82) is 0 Å². The molecule has 1 aliphatic heterocycles. The Bertz CT molecular complexity index is 1320. The lowest BCUT2D eigenvalue weighted by molar-refractivity contribution is 0.909. The Hall–Kier alpha value is -4.00. The predicted octanol–water partition coefficient (Wildman–Crippen LogP) is 4.52. The minimum absolute atomic E-state index is 0.578. The molecule has 2 aromatic carbocycles. The van der Waals surface area contributed by atoms with E-state index in [2.05, 4.69) is 84.1 Å². The van der Waals surface area contributed by atoms with Crippen molar-refractivity contribution < 1.29 is 0 Å². The summed E-state index contributed by atoms with van der Waals surface area (Å²) in [5.41, 5.74) is 5.95. The summed E-state index contributed by atoms with van der Waals surface area (Å²) in [7, 11) is 0. The molecule has 2 aromatic heterocycles. The normalized spacial score (nSPS) is 19.5. The lowest BCUT2D eigenvalue weighted by atomic mass is 10.1. The first-order chi connectivity index (χ1) is 15.8. The third kappa shape index (κ3) is 3.85. The molecule has 0 amide bonds. The van der Waals surface area contributed by atoms with Crippen molar-refractivity contribution in [2.45, 2.75) is 18.9 Å². The first kappa shape index (κ1) is 18.7. The topological polar surface area (TPSA) is 90.9 Å². The maximum atomic E-state index is 4.67. The molecule has 4 aromatic rings. The number of nitrogens with zero attached hydrogens (tertiary/aromatic N) is 4. The molecular formula is C25H23N7. The van der Waals surface area contributed by atoms with Crippen LogP contribution in [0.4, 0.5) is 11.8 Å². The molecule has 1 fully saturated rings. The van der Waals surface area contributed by atoms with Crippen molar-refractivity contribution in [1.82, 2.24) is 19.9 Å². The van der Waals surface area contributed by atoms with Crippen LogP contribution < -0.4 is 10.6 Å². The Morgan fingerprint density at radius 2 is 1.94 bits per heavy atom. The number of H-pyrrole nitrogens is 1. The number of benzene rings is 2. The van der Waals surface area contributed by atoms with Gasteiger partial charge in [0.1, 0.15) is 11.7 Å². The van der Waals surface area contributed by atoms with E-state index in [9.17, 15) is 0 Å². The molecule has 0 saturated heterocycles. The van der Waals surface area contributed by atoms with Gasteiger partial charge in [0.25, 0.3) is 0 Å². The minimum Gasteiger partial charge on any atom is -0.350 e. The molecule has 32 heavy (non-hydrogen) atoms. The average molecular weight is 422 g/mol. The van der Waals surface area contributed by atoms with Gasteiger partial charge in [0.15, 0.2) is 0 Å². The van der Waals surface area contributed by atoms with Crippen molar-refractivity contribution in [3.8, 4) is 0 Å². The number of fused-ring (bicyclic) bond motifs is 1. The molecule has 0 radical (unpaired) electrons. The fourth-order valence-electron chi connectivity index (χ4n) is 4.34. The van der Waals surface area contributed by atoms with E-state index in [1.807, 2.05) is 12.1 Å². The van der Waals surface area contributed by atoms with Crippen LogP contribution in [0, 0.1) is 5.92 Å². The molecule has 3 heterocycles. The van der Waals surface area contributed by atoms with Gasteiger partial charge in [-0.25, -0.2) is 9.97 Å². The van der Waals surface area contributed by atoms with E-state index in [1.54, 1.807) is 12.5 Å². The highest BCUT2D eigenvalue weighted by Crippen LogP contribution is 2.52. The van der Waals surface area contributed by atoms with Crippen LogP contribution in [-0.4, -0.2) is 32.3 Å². The molecule has 6 rings (SSSR count). The summed E-state index contributed by atoms with van der Waals surface area (Å²) in [4.78, 5) is 21.0. The number of amidine groups is 1. The van der Waals surface area contributed by atoms with E-state index in [1.165, 1.54) is 17.6 Å². The van der Waals surface area contributed by atoms with Gasteiger partial charge < -0.3 is 15.6 Å². The largest absolute Gasteiger partial charge is 0.350 e. The zero-order valence-corrected chi connectivity index (χ0v) is 17.5. The zero-order chi connectivity index (χ0) is 21.3. The van der Waals surface area contributed by atoms with Crippen molar-refractivity contribution in [3.63, 3.8) is 0 Å². The van der Waals surface area contributed by atoms with E-state index in [4.69, 9.17) is 0 Å². The highest BCUT2D eigenvalue weighted by atomic mass is 15.2. The van der Waals surface area contributed by atoms with Gasteiger partial charge >= 0.3 is 0 Å². The van der Waals surface area contributed by atoms with Crippen molar-refractivity contribution in [2.75, 3.05) is 17.2 Å². The fraction of sp³-hybridized carbons (Fsp3) is 0.200. The molecule has 7 nitrogen and oxygen atoms in total. The zero-order valence-electron chi connectivity index (χ0n) is 17.5. The second-order valence-corrected chi connectivity index (χ2v) is 8.28. The number of imidazole rings is 1. The standard InChI is InChI=1S/C25H23N7/c1-2-4-17(5-3-1)19-12-20(19)18-11-24(27-14-18)31-23-8-9-26-25(32-23)28-13-16-6-7-21-22(10-16)30-15-29-21/h1-11,15,19-20H,12-14H2,(H,29,30)(H2,26,27,28,31,32)/t19-,20?/m1/s1. The predicted molar refractivity (Wildman–Crippen MR) is 127 cm³/mol. The third-order valence-corrected chi connectivity index (χ3v) is 6.10. The molecule has 158 valence electrons. The Morgan fingerprint density at radius 3 is 2.88 bits per heavy atom. The monoisotopic (exact) mass is 421 g/mol. The summed E-state index contributed by atoms with van der Waals surface area (Å²) in [5.74, 6) is 3.42. The van der Waals surface area contributed by atoms with Crippen LogP contribution in [0.25, 0.3) is 11.0 Å². The fourth-order valence-corrected chi connectivity index (χ4v) is 4.34. The van der Waals surface area contributed by atoms with E-state index >= 15 is 0 Å². The maximum Gasteiger partial charge on any atom is 0.224 e. The molecule has 2 aliphatic rings. The van der Waals surface area contributed by atoms with Gasteiger partial charge in [-0.1, -0.05) is 36.4 Å². The molecule has 1 saturated carbocycles.